The van der Waals surface area contributed by atoms with Crippen molar-refractivity contribution in [1.82, 2.24) is 5.32 Å². The largest absolute Gasteiger partial charge is 0.333 e. The SMILES string of the molecule is CCCCCCCCCCCCNC/C(=C(/C)C(CC)/C(CN)=C(/C)CC)C(C)(CC)CN.CN. The molecule has 4 heteroatoms. The topological polar surface area (TPSA) is 90.1 Å². The zero-order chi connectivity index (χ0) is 27.1. The van der Waals surface area contributed by atoms with Crippen LogP contribution in [0.2, 0.25) is 0 Å². The molecule has 0 amide bonds. The fraction of sp³-hybridized carbons (Fsp3) is 0.871. The molecule has 35 heavy (non-hydrogen) atoms. The van der Waals surface area contributed by atoms with E-state index < -0.39 is 0 Å². The lowest BCUT2D eigenvalue weighted by atomic mass is 9.73. The summed E-state index contributed by atoms with van der Waals surface area (Å²) in [6, 6.07) is 0. The molecule has 0 aromatic carbocycles. The van der Waals surface area contributed by atoms with E-state index in [1.807, 2.05) is 0 Å². The molecule has 0 heterocycles. The van der Waals surface area contributed by atoms with Crippen molar-refractivity contribution in [3.8, 4) is 0 Å². The number of hydrogen-bond acceptors (Lipinski definition) is 4. The smallest absolute Gasteiger partial charge is 0.0173 e. The van der Waals surface area contributed by atoms with Crippen LogP contribution in [0.4, 0.5) is 0 Å². The Balaban J connectivity index is 0. The monoisotopic (exact) mass is 495 g/mol. The Morgan fingerprint density at radius 1 is 0.800 bits per heavy atom. The summed E-state index contributed by atoms with van der Waals surface area (Å²) in [5, 5.41) is 3.78. The maximum absolute atomic E-state index is 6.33. The van der Waals surface area contributed by atoms with Gasteiger partial charge in [0, 0.05) is 31.0 Å². The van der Waals surface area contributed by atoms with Gasteiger partial charge >= 0.3 is 0 Å². The fourth-order valence-electron chi connectivity index (χ4n) is 5.13. The average Bonchev–Trinajstić information content (AvgIpc) is 2.89. The molecule has 0 radical (unpaired) electrons. The van der Waals surface area contributed by atoms with Crippen LogP contribution in [0, 0.1) is 11.3 Å². The van der Waals surface area contributed by atoms with Crippen LogP contribution in [-0.2, 0) is 0 Å². The number of rotatable bonds is 21. The Morgan fingerprint density at radius 2 is 1.31 bits per heavy atom. The van der Waals surface area contributed by atoms with Gasteiger partial charge < -0.3 is 22.5 Å². The number of unbranched alkanes of at least 4 members (excludes halogenated alkanes) is 9. The van der Waals surface area contributed by atoms with E-state index in [1.165, 1.54) is 93.5 Å². The molecule has 0 aliphatic heterocycles. The Morgan fingerprint density at radius 3 is 1.71 bits per heavy atom. The number of allylic oxidation sites excluding steroid dienone is 2. The second-order valence-electron chi connectivity index (χ2n) is 10.5. The van der Waals surface area contributed by atoms with Gasteiger partial charge in [-0.25, -0.2) is 0 Å². The van der Waals surface area contributed by atoms with Crippen molar-refractivity contribution in [2.45, 2.75) is 132 Å². The molecule has 7 N–H and O–H groups in total. The highest BCUT2D eigenvalue weighted by atomic mass is 14.9. The predicted octanol–water partition coefficient (Wildman–Crippen LogP) is 7.47. The van der Waals surface area contributed by atoms with Crippen LogP contribution in [0.25, 0.3) is 0 Å². The first-order chi connectivity index (χ1) is 16.9. The van der Waals surface area contributed by atoms with Crippen molar-refractivity contribution in [3.63, 3.8) is 0 Å². The van der Waals surface area contributed by atoms with Gasteiger partial charge in [0.2, 0.25) is 0 Å². The third kappa shape index (κ3) is 14.6. The van der Waals surface area contributed by atoms with Crippen LogP contribution in [-0.4, -0.2) is 33.2 Å². The van der Waals surface area contributed by atoms with E-state index >= 15 is 0 Å². The third-order valence-corrected chi connectivity index (χ3v) is 8.09. The molecule has 0 aliphatic carbocycles. The molecule has 0 saturated heterocycles. The van der Waals surface area contributed by atoms with Crippen LogP contribution < -0.4 is 22.5 Å². The first kappa shape index (κ1) is 36.5. The lowest BCUT2D eigenvalue weighted by Crippen LogP contribution is -2.36. The summed E-state index contributed by atoms with van der Waals surface area (Å²) in [7, 11) is 1.50. The van der Waals surface area contributed by atoms with E-state index in [0.717, 1.165) is 32.4 Å². The minimum absolute atomic E-state index is 0.0438. The van der Waals surface area contributed by atoms with Crippen LogP contribution in [0.3, 0.4) is 0 Å². The van der Waals surface area contributed by atoms with Gasteiger partial charge in [-0.1, -0.05) is 109 Å². The molecule has 0 rings (SSSR count). The molecule has 0 bridgehead atoms. The van der Waals surface area contributed by atoms with Crippen LogP contribution in [0.15, 0.2) is 22.3 Å². The zero-order valence-electron chi connectivity index (χ0n) is 25.3. The highest BCUT2D eigenvalue weighted by Gasteiger charge is 2.29. The van der Waals surface area contributed by atoms with E-state index in [0.29, 0.717) is 19.0 Å². The summed E-state index contributed by atoms with van der Waals surface area (Å²) in [6.07, 6.45) is 17.1. The van der Waals surface area contributed by atoms with Gasteiger partial charge in [0.1, 0.15) is 0 Å². The predicted molar refractivity (Wildman–Crippen MR) is 161 cm³/mol. The Hall–Kier alpha value is -0.680. The Kier molecular flexibility index (Phi) is 24.7. The third-order valence-electron chi connectivity index (χ3n) is 8.09. The van der Waals surface area contributed by atoms with Gasteiger partial charge in [-0.05, 0) is 58.7 Å². The van der Waals surface area contributed by atoms with E-state index in [4.69, 9.17) is 11.5 Å². The van der Waals surface area contributed by atoms with Crippen LogP contribution in [0.5, 0.6) is 0 Å². The Bertz CT molecular complexity index is 546. The highest BCUT2D eigenvalue weighted by molar-refractivity contribution is 5.32. The standard InChI is InChI=1S/C30H61N3.CH5N/c1-8-12-13-14-15-16-17-18-19-20-21-33-23-29(30(7,11-4)24-32)26(6)27(10-3)28(22-31)25(5)9-2;1-2/h27,33H,8-24,31-32H2,1-7H3;2H2,1H3/b28-25-,29-26+;. The fourth-order valence-corrected chi connectivity index (χ4v) is 5.13. The zero-order valence-corrected chi connectivity index (χ0v) is 25.3. The first-order valence-corrected chi connectivity index (χ1v) is 14.9. The van der Waals surface area contributed by atoms with E-state index in [9.17, 15) is 0 Å². The molecule has 0 saturated carbocycles. The number of hydrogen-bond donors (Lipinski definition) is 4. The van der Waals surface area contributed by atoms with Crippen molar-refractivity contribution in [3.05, 3.63) is 22.3 Å². The van der Waals surface area contributed by atoms with Crippen molar-refractivity contribution in [2.75, 3.05) is 33.2 Å². The maximum atomic E-state index is 6.33. The van der Waals surface area contributed by atoms with Gasteiger partial charge in [-0.15, -0.1) is 0 Å². The second-order valence-corrected chi connectivity index (χ2v) is 10.5. The van der Waals surface area contributed by atoms with E-state index in [1.54, 1.807) is 0 Å². The molecule has 210 valence electrons. The molecule has 2 atom stereocenters. The minimum Gasteiger partial charge on any atom is -0.333 e. The first-order valence-electron chi connectivity index (χ1n) is 14.9. The van der Waals surface area contributed by atoms with E-state index in [2.05, 4.69) is 59.5 Å². The summed E-state index contributed by atoms with van der Waals surface area (Å²) < 4.78 is 0. The van der Waals surface area contributed by atoms with Crippen molar-refractivity contribution in [2.24, 2.45) is 28.5 Å². The van der Waals surface area contributed by atoms with E-state index in [-0.39, 0.29) is 5.41 Å². The molecule has 4 nitrogen and oxygen atoms in total. The molecule has 0 aliphatic rings. The van der Waals surface area contributed by atoms with Gasteiger partial charge in [0.05, 0.1) is 0 Å². The molecular formula is C31H66N4. The van der Waals surface area contributed by atoms with Gasteiger partial charge in [-0.3, -0.25) is 0 Å². The van der Waals surface area contributed by atoms with Crippen LogP contribution >= 0.6 is 0 Å². The van der Waals surface area contributed by atoms with Crippen molar-refractivity contribution >= 4 is 0 Å². The maximum Gasteiger partial charge on any atom is 0.0173 e. The number of nitrogens with two attached hydrogens (primary N) is 3. The quantitative estimate of drug-likeness (QED) is 0.0983. The minimum atomic E-state index is 0.0438. The summed E-state index contributed by atoms with van der Waals surface area (Å²) in [5.74, 6) is 0.432. The molecule has 2 unspecified atom stereocenters. The average molecular weight is 495 g/mol. The van der Waals surface area contributed by atoms with Crippen molar-refractivity contribution in [1.29, 1.82) is 0 Å². The van der Waals surface area contributed by atoms with Crippen LogP contribution in [0.1, 0.15) is 132 Å². The number of nitrogens with one attached hydrogen (secondary N) is 1. The van der Waals surface area contributed by atoms with Gasteiger partial charge in [0.15, 0.2) is 0 Å². The summed E-state index contributed by atoms with van der Waals surface area (Å²) in [4.78, 5) is 0. The lowest BCUT2D eigenvalue weighted by Gasteiger charge is -2.35. The second kappa shape index (κ2) is 23.7. The summed E-state index contributed by atoms with van der Waals surface area (Å²) in [6.45, 7) is 19.4. The highest BCUT2D eigenvalue weighted by Crippen LogP contribution is 2.37. The molecule has 0 spiro atoms. The molecule has 0 aromatic rings. The van der Waals surface area contributed by atoms with Gasteiger partial charge in [0.25, 0.3) is 0 Å². The summed E-state index contributed by atoms with van der Waals surface area (Å²) in [5.41, 5.74) is 23.0. The Labute approximate surface area is 221 Å². The molecule has 0 aromatic heterocycles. The van der Waals surface area contributed by atoms with Gasteiger partial charge in [-0.2, -0.15) is 0 Å². The summed E-state index contributed by atoms with van der Waals surface area (Å²) >= 11 is 0. The normalized spacial score (nSPS) is 15.5. The van der Waals surface area contributed by atoms with Crippen molar-refractivity contribution < 1.29 is 0 Å². The lowest BCUT2D eigenvalue weighted by molar-refractivity contribution is 0.372. The molecular weight excluding hydrogens is 428 g/mol. The molecule has 0 fully saturated rings.